The number of benzene rings is 1. The minimum Gasteiger partial charge on any atom is -0.337 e. The quantitative estimate of drug-likeness (QED) is 0.865. The van der Waals surface area contributed by atoms with Gasteiger partial charge in [0.05, 0.1) is 6.26 Å². The molecular weight excluding hydrogens is 252 g/mol. The maximum atomic E-state index is 12.1. The van der Waals surface area contributed by atoms with E-state index in [0.29, 0.717) is 25.1 Å². The summed E-state index contributed by atoms with van der Waals surface area (Å²) in [4.78, 5) is 13.8. The predicted octanol–water partition coefficient (Wildman–Crippen LogP) is 0.450. The van der Waals surface area contributed by atoms with E-state index in [1.165, 1.54) is 0 Å². The molecule has 1 aliphatic rings. The van der Waals surface area contributed by atoms with Crippen LogP contribution >= 0.6 is 0 Å². The van der Waals surface area contributed by atoms with Crippen molar-refractivity contribution in [1.29, 1.82) is 0 Å². The Morgan fingerprint density at radius 1 is 1.33 bits per heavy atom. The highest BCUT2D eigenvalue weighted by molar-refractivity contribution is 7.88. The highest BCUT2D eigenvalue weighted by Gasteiger charge is 2.28. The van der Waals surface area contributed by atoms with E-state index in [-0.39, 0.29) is 11.9 Å². The first-order chi connectivity index (χ1) is 8.46. The van der Waals surface area contributed by atoms with E-state index in [9.17, 15) is 13.2 Å². The highest BCUT2D eigenvalue weighted by Crippen LogP contribution is 2.14. The highest BCUT2D eigenvalue weighted by atomic mass is 32.2. The summed E-state index contributed by atoms with van der Waals surface area (Å²) < 4.78 is 24.8. The van der Waals surface area contributed by atoms with Gasteiger partial charge in [0.1, 0.15) is 0 Å². The normalized spacial score (nSPS) is 20.1. The smallest absolute Gasteiger partial charge is 0.253 e. The Labute approximate surface area is 107 Å². The third-order valence-electron chi connectivity index (χ3n) is 2.88. The monoisotopic (exact) mass is 268 g/mol. The van der Waals surface area contributed by atoms with Crippen LogP contribution in [0.5, 0.6) is 0 Å². The Morgan fingerprint density at radius 2 is 2.00 bits per heavy atom. The van der Waals surface area contributed by atoms with Gasteiger partial charge in [-0.2, -0.15) is 0 Å². The van der Waals surface area contributed by atoms with Crippen molar-refractivity contribution >= 4 is 15.9 Å². The number of nitrogens with one attached hydrogen (secondary N) is 1. The van der Waals surface area contributed by atoms with Crippen molar-refractivity contribution in [2.24, 2.45) is 0 Å². The molecule has 2 rings (SSSR count). The molecule has 18 heavy (non-hydrogen) atoms. The SMILES string of the molecule is CS(=O)(=O)NC1CCN(C(=O)c2ccccc2)C1. The average molecular weight is 268 g/mol. The molecule has 0 aromatic heterocycles. The van der Waals surface area contributed by atoms with Crippen molar-refractivity contribution in [1.82, 2.24) is 9.62 Å². The van der Waals surface area contributed by atoms with Crippen LogP contribution in [0.3, 0.4) is 0 Å². The molecule has 0 bridgehead atoms. The molecule has 0 radical (unpaired) electrons. The fourth-order valence-corrected chi connectivity index (χ4v) is 2.90. The topological polar surface area (TPSA) is 66.5 Å². The summed E-state index contributed by atoms with van der Waals surface area (Å²) in [7, 11) is -3.21. The van der Waals surface area contributed by atoms with Crippen LogP contribution < -0.4 is 4.72 Å². The lowest BCUT2D eigenvalue weighted by Crippen LogP contribution is -2.37. The van der Waals surface area contributed by atoms with Gasteiger partial charge >= 0.3 is 0 Å². The van der Waals surface area contributed by atoms with E-state index in [0.717, 1.165) is 6.26 Å². The Kier molecular flexibility index (Phi) is 3.68. The molecule has 1 unspecified atom stereocenters. The summed E-state index contributed by atoms with van der Waals surface area (Å²) in [6.45, 7) is 1.02. The molecule has 0 aliphatic carbocycles. The Balaban J connectivity index is 1.99. The molecule has 0 spiro atoms. The minimum absolute atomic E-state index is 0.0478. The van der Waals surface area contributed by atoms with Crippen LogP contribution in [-0.2, 0) is 10.0 Å². The van der Waals surface area contributed by atoms with Crippen LogP contribution in [0.25, 0.3) is 0 Å². The minimum atomic E-state index is -3.21. The second-order valence-electron chi connectivity index (χ2n) is 4.49. The van der Waals surface area contributed by atoms with Crippen LogP contribution in [0, 0.1) is 0 Å². The van der Waals surface area contributed by atoms with Gasteiger partial charge in [0, 0.05) is 24.7 Å². The van der Waals surface area contributed by atoms with Gasteiger partial charge in [-0.3, -0.25) is 4.79 Å². The molecule has 1 saturated heterocycles. The van der Waals surface area contributed by atoms with E-state index in [1.807, 2.05) is 18.2 Å². The summed E-state index contributed by atoms with van der Waals surface area (Å²) in [5, 5.41) is 0. The van der Waals surface area contributed by atoms with Crippen molar-refractivity contribution in [2.45, 2.75) is 12.5 Å². The fourth-order valence-electron chi connectivity index (χ4n) is 2.11. The van der Waals surface area contributed by atoms with E-state index in [1.54, 1.807) is 17.0 Å². The lowest BCUT2D eigenvalue weighted by Gasteiger charge is -2.16. The maximum absolute atomic E-state index is 12.1. The first-order valence-corrected chi connectivity index (χ1v) is 7.66. The number of carbonyl (C=O) groups excluding carboxylic acids is 1. The van der Waals surface area contributed by atoms with Crippen molar-refractivity contribution in [2.75, 3.05) is 19.3 Å². The molecule has 1 aromatic rings. The molecule has 98 valence electrons. The first-order valence-electron chi connectivity index (χ1n) is 5.77. The fraction of sp³-hybridized carbons (Fsp3) is 0.417. The summed E-state index contributed by atoms with van der Waals surface area (Å²) >= 11 is 0. The number of nitrogens with zero attached hydrogens (tertiary/aromatic N) is 1. The van der Waals surface area contributed by atoms with Crippen LogP contribution in [0.15, 0.2) is 30.3 Å². The molecule has 1 atom stereocenters. The largest absolute Gasteiger partial charge is 0.337 e. The van der Waals surface area contributed by atoms with Gasteiger partial charge in [0.2, 0.25) is 10.0 Å². The number of hydrogen-bond acceptors (Lipinski definition) is 3. The van der Waals surface area contributed by atoms with E-state index < -0.39 is 10.0 Å². The van der Waals surface area contributed by atoms with Gasteiger partial charge in [-0.15, -0.1) is 0 Å². The number of amides is 1. The van der Waals surface area contributed by atoms with Gasteiger partial charge in [-0.05, 0) is 18.6 Å². The van der Waals surface area contributed by atoms with Crippen molar-refractivity contribution in [3.05, 3.63) is 35.9 Å². The standard InChI is InChI=1S/C12H16N2O3S/c1-18(16,17)13-11-7-8-14(9-11)12(15)10-5-3-2-4-6-10/h2-6,11,13H,7-9H2,1H3. The summed E-state index contributed by atoms with van der Waals surface area (Å²) in [5.74, 6) is -0.0478. The number of rotatable bonds is 3. The maximum Gasteiger partial charge on any atom is 0.253 e. The number of sulfonamides is 1. The summed E-state index contributed by atoms with van der Waals surface area (Å²) in [5.41, 5.74) is 0.637. The second kappa shape index (κ2) is 5.07. The molecule has 5 nitrogen and oxygen atoms in total. The molecule has 1 amide bonds. The van der Waals surface area contributed by atoms with E-state index >= 15 is 0 Å². The zero-order valence-corrected chi connectivity index (χ0v) is 11.0. The Bertz CT molecular complexity index is 528. The van der Waals surface area contributed by atoms with Crippen LogP contribution in [0.4, 0.5) is 0 Å². The molecule has 1 fully saturated rings. The Morgan fingerprint density at radius 3 is 2.61 bits per heavy atom. The number of carbonyl (C=O) groups is 1. The van der Waals surface area contributed by atoms with Crippen molar-refractivity contribution in [3.8, 4) is 0 Å². The second-order valence-corrected chi connectivity index (χ2v) is 6.27. The van der Waals surface area contributed by atoms with Gasteiger partial charge in [0.15, 0.2) is 0 Å². The third kappa shape index (κ3) is 3.30. The van der Waals surface area contributed by atoms with Crippen LogP contribution in [0.2, 0.25) is 0 Å². The van der Waals surface area contributed by atoms with Gasteiger partial charge < -0.3 is 4.90 Å². The lowest BCUT2D eigenvalue weighted by atomic mass is 10.2. The first kappa shape index (κ1) is 13.0. The zero-order chi connectivity index (χ0) is 13.2. The average Bonchev–Trinajstić information content (AvgIpc) is 2.75. The van der Waals surface area contributed by atoms with Gasteiger partial charge in [-0.25, -0.2) is 13.1 Å². The zero-order valence-electron chi connectivity index (χ0n) is 10.2. The number of hydrogen-bond donors (Lipinski definition) is 1. The molecule has 6 heteroatoms. The summed E-state index contributed by atoms with van der Waals surface area (Å²) in [6, 6.07) is 8.84. The predicted molar refractivity (Wildman–Crippen MR) is 68.7 cm³/mol. The van der Waals surface area contributed by atoms with E-state index in [4.69, 9.17) is 0 Å². The molecular formula is C12H16N2O3S. The lowest BCUT2D eigenvalue weighted by molar-refractivity contribution is 0.0790. The third-order valence-corrected chi connectivity index (χ3v) is 3.64. The van der Waals surface area contributed by atoms with Crippen LogP contribution in [-0.4, -0.2) is 44.6 Å². The van der Waals surface area contributed by atoms with Crippen molar-refractivity contribution < 1.29 is 13.2 Å². The van der Waals surface area contributed by atoms with Gasteiger partial charge in [-0.1, -0.05) is 18.2 Å². The molecule has 1 aromatic carbocycles. The molecule has 1 N–H and O–H groups in total. The van der Waals surface area contributed by atoms with Crippen molar-refractivity contribution in [3.63, 3.8) is 0 Å². The van der Waals surface area contributed by atoms with Crippen LogP contribution in [0.1, 0.15) is 16.8 Å². The van der Waals surface area contributed by atoms with E-state index in [2.05, 4.69) is 4.72 Å². The van der Waals surface area contributed by atoms with Gasteiger partial charge in [0.25, 0.3) is 5.91 Å². The summed E-state index contributed by atoms with van der Waals surface area (Å²) in [6.07, 6.45) is 1.79. The molecule has 0 saturated carbocycles. The molecule has 1 heterocycles. The molecule has 1 aliphatic heterocycles. The Hall–Kier alpha value is -1.40. The number of likely N-dealkylation sites (tertiary alicyclic amines) is 1.